The van der Waals surface area contributed by atoms with Gasteiger partial charge in [-0.15, -0.1) is 0 Å². The minimum atomic E-state index is 0.294. The smallest absolute Gasteiger partial charge is 0.0556 e. The van der Waals surface area contributed by atoms with E-state index < -0.39 is 0 Å². The maximum atomic E-state index is 8.59. The highest BCUT2D eigenvalue weighted by atomic mass is 32.2. The highest BCUT2D eigenvalue weighted by Crippen LogP contribution is 2.03. The highest BCUT2D eigenvalue weighted by Gasteiger charge is 1.93. The Morgan fingerprint density at radius 1 is 1.06 bits per heavy atom. The van der Waals surface area contributed by atoms with Crippen LogP contribution in [0.25, 0.3) is 0 Å². The maximum absolute atomic E-state index is 8.59. The summed E-state index contributed by atoms with van der Waals surface area (Å²) in [5.41, 5.74) is 1.33. The van der Waals surface area contributed by atoms with Crippen LogP contribution in [0.15, 0.2) is 30.3 Å². The van der Waals surface area contributed by atoms with Crippen molar-refractivity contribution < 1.29 is 9.84 Å². The maximum Gasteiger partial charge on any atom is 0.0556 e. The van der Waals surface area contributed by atoms with E-state index in [2.05, 4.69) is 24.3 Å². The van der Waals surface area contributed by atoms with Crippen LogP contribution in [-0.4, -0.2) is 36.4 Å². The number of ether oxygens (including phenoxy) is 1. The lowest BCUT2D eigenvalue weighted by Crippen LogP contribution is -2.02. The number of aliphatic hydroxyl groups excluding tert-OH is 1. The van der Waals surface area contributed by atoms with Crippen molar-refractivity contribution in [1.29, 1.82) is 0 Å². The summed E-state index contributed by atoms with van der Waals surface area (Å²) in [6, 6.07) is 10.4. The van der Waals surface area contributed by atoms with Crippen LogP contribution < -0.4 is 0 Å². The zero-order valence-electron chi connectivity index (χ0n) is 9.60. The first kappa shape index (κ1) is 13.6. The van der Waals surface area contributed by atoms with Gasteiger partial charge in [-0.3, -0.25) is 0 Å². The molecule has 3 heteroatoms. The Hall–Kier alpha value is -0.510. The largest absolute Gasteiger partial charge is 0.396 e. The lowest BCUT2D eigenvalue weighted by atomic mass is 10.2. The summed E-state index contributed by atoms with van der Waals surface area (Å²) in [5.74, 6) is 2.05. The second-order valence-electron chi connectivity index (χ2n) is 3.54. The van der Waals surface area contributed by atoms with Crippen LogP contribution in [0.5, 0.6) is 0 Å². The lowest BCUT2D eigenvalue weighted by molar-refractivity contribution is 0.153. The summed E-state index contributed by atoms with van der Waals surface area (Å²) < 4.78 is 5.53. The van der Waals surface area contributed by atoms with E-state index in [1.54, 1.807) is 0 Å². The zero-order valence-corrected chi connectivity index (χ0v) is 10.4. The Morgan fingerprint density at radius 3 is 2.62 bits per heavy atom. The van der Waals surface area contributed by atoms with E-state index in [1.165, 1.54) is 5.56 Å². The fourth-order valence-electron chi connectivity index (χ4n) is 1.32. The van der Waals surface area contributed by atoms with Crippen molar-refractivity contribution in [3.8, 4) is 0 Å². The Bertz CT molecular complexity index is 251. The SMILES string of the molecule is OCCCSCCOCCc1ccccc1. The van der Waals surface area contributed by atoms with Crippen LogP contribution in [0.2, 0.25) is 0 Å². The van der Waals surface area contributed by atoms with Gasteiger partial charge in [0.15, 0.2) is 0 Å². The molecule has 0 fully saturated rings. The topological polar surface area (TPSA) is 29.5 Å². The van der Waals surface area contributed by atoms with Crippen molar-refractivity contribution in [2.45, 2.75) is 12.8 Å². The van der Waals surface area contributed by atoms with Crippen molar-refractivity contribution in [1.82, 2.24) is 0 Å². The van der Waals surface area contributed by atoms with Gasteiger partial charge < -0.3 is 9.84 Å². The fraction of sp³-hybridized carbons (Fsp3) is 0.538. The van der Waals surface area contributed by atoms with Crippen LogP contribution >= 0.6 is 11.8 Å². The number of hydrogen-bond donors (Lipinski definition) is 1. The van der Waals surface area contributed by atoms with Gasteiger partial charge >= 0.3 is 0 Å². The first-order chi connectivity index (χ1) is 7.93. The average Bonchev–Trinajstić information content (AvgIpc) is 2.34. The summed E-state index contributed by atoms with van der Waals surface area (Å²) in [6.07, 6.45) is 1.87. The predicted molar refractivity (Wildman–Crippen MR) is 70.0 cm³/mol. The minimum absolute atomic E-state index is 0.294. The van der Waals surface area contributed by atoms with E-state index in [0.717, 1.165) is 37.6 Å². The summed E-state index contributed by atoms with van der Waals surface area (Å²) in [7, 11) is 0. The molecule has 0 spiro atoms. The van der Waals surface area contributed by atoms with Crippen LogP contribution in [-0.2, 0) is 11.2 Å². The third kappa shape index (κ3) is 6.88. The zero-order chi connectivity index (χ0) is 11.5. The van der Waals surface area contributed by atoms with E-state index in [4.69, 9.17) is 9.84 Å². The third-order valence-corrected chi connectivity index (χ3v) is 3.23. The molecule has 0 saturated heterocycles. The van der Waals surface area contributed by atoms with Crippen molar-refractivity contribution >= 4 is 11.8 Å². The molecule has 16 heavy (non-hydrogen) atoms. The normalized spacial score (nSPS) is 10.6. The molecule has 1 rings (SSSR count). The van der Waals surface area contributed by atoms with Crippen LogP contribution in [0.4, 0.5) is 0 Å². The molecule has 0 saturated carbocycles. The van der Waals surface area contributed by atoms with Crippen molar-refractivity contribution in [3.05, 3.63) is 35.9 Å². The van der Waals surface area contributed by atoms with Crippen molar-refractivity contribution in [3.63, 3.8) is 0 Å². The highest BCUT2D eigenvalue weighted by molar-refractivity contribution is 7.99. The fourth-order valence-corrected chi connectivity index (χ4v) is 2.10. The molecule has 0 heterocycles. The van der Waals surface area contributed by atoms with Gasteiger partial charge in [-0.2, -0.15) is 11.8 Å². The monoisotopic (exact) mass is 240 g/mol. The van der Waals surface area contributed by atoms with E-state index in [9.17, 15) is 0 Å². The molecule has 0 atom stereocenters. The van der Waals surface area contributed by atoms with Crippen LogP contribution in [0, 0.1) is 0 Å². The first-order valence-corrected chi connectivity index (χ1v) is 6.89. The Labute approximate surface area is 102 Å². The quantitative estimate of drug-likeness (QED) is 0.672. The molecule has 1 aromatic rings. The Morgan fingerprint density at radius 2 is 1.88 bits per heavy atom. The molecule has 0 aliphatic carbocycles. The van der Waals surface area contributed by atoms with Gasteiger partial charge in [0.2, 0.25) is 0 Å². The molecule has 90 valence electrons. The molecule has 0 radical (unpaired) electrons. The predicted octanol–water partition coefficient (Wildman–Crippen LogP) is 2.36. The van der Waals surface area contributed by atoms with Crippen LogP contribution in [0.3, 0.4) is 0 Å². The number of thioether (sulfide) groups is 1. The number of aliphatic hydroxyl groups is 1. The van der Waals surface area contributed by atoms with E-state index in [1.807, 2.05) is 17.8 Å². The number of hydrogen-bond acceptors (Lipinski definition) is 3. The summed E-state index contributed by atoms with van der Waals surface area (Å²) in [4.78, 5) is 0. The lowest BCUT2D eigenvalue weighted by Gasteiger charge is -2.04. The molecule has 0 aliphatic rings. The molecule has 0 unspecified atom stereocenters. The summed E-state index contributed by atoms with van der Waals surface area (Å²) in [5, 5.41) is 8.59. The first-order valence-electron chi connectivity index (χ1n) is 5.74. The molecule has 0 amide bonds. The van der Waals surface area contributed by atoms with E-state index in [-0.39, 0.29) is 0 Å². The molecule has 0 aromatic heterocycles. The van der Waals surface area contributed by atoms with Gasteiger partial charge in [-0.25, -0.2) is 0 Å². The summed E-state index contributed by atoms with van der Waals surface area (Å²) in [6.45, 7) is 1.90. The van der Waals surface area contributed by atoms with E-state index >= 15 is 0 Å². The molecule has 0 aliphatic heterocycles. The summed E-state index contributed by atoms with van der Waals surface area (Å²) >= 11 is 1.84. The Kier molecular flexibility index (Phi) is 8.22. The Balaban J connectivity index is 1.89. The van der Waals surface area contributed by atoms with Crippen LogP contribution in [0.1, 0.15) is 12.0 Å². The second-order valence-corrected chi connectivity index (χ2v) is 4.76. The number of rotatable bonds is 9. The van der Waals surface area contributed by atoms with Gasteiger partial charge in [0, 0.05) is 12.4 Å². The molecule has 1 N–H and O–H groups in total. The van der Waals surface area contributed by atoms with E-state index in [0.29, 0.717) is 6.61 Å². The van der Waals surface area contributed by atoms with Gasteiger partial charge in [-0.1, -0.05) is 30.3 Å². The van der Waals surface area contributed by atoms with Gasteiger partial charge in [0.05, 0.1) is 13.2 Å². The second kappa shape index (κ2) is 9.70. The minimum Gasteiger partial charge on any atom is -0.396 e. The molecular formula is C13H20O2S. The van der Waals surface area contributed by atoms with Gasteiger partial charge in [0.1, 0.15) is 0 Å². The molecule has 1 aromatic carbocycles. The van der Waals surface area contributed by atoms with Gasteiger partial charge in [0.25, 0.3) is 0 Å². The standard InChI is InChI=1S/C13H20O2S/c14-8-4-11-16-12-10-15-9-7-13-5-2-1-3-6-13/h1-3,5-6,14H,4,7-12H2. The van der Waals surface area contributed by atoms with Crippen molar-refractivity contribution in [2.24, 2.45) is 0 Å². The van der Waals surface area contributed by atoms with Crippen molar-refractivity contribution in [2.75, 3.05) is 31.3 Å². The molecule has 2 nitrogen and oxygen atoms in total. The number of benzene rings is 1. The molecule has 0 bridgehead atoms. The molecular weight excluding hydrogens is 220 g/mol. The average molecular weight is 240 g/mol. The van der Waals surface area contributed by atoms with Gasteiger partial charge in [-0.05, 0) is 24.2 Å². The third-order valence-electron chi connectivity index (χ3n) is 2.20.